The van der Waals surface area contributed by atoms with Crippen LogP contribution < -0.4 is 5.32 Å². The summed E-state index contributed by atoms with van der Waals surface area (Å²) in [6, 6.07) is -1.31. The van der Waals surface area contributed by atoms with Crippen molar-refractivity contribution in [2.45, 2.75) is 51.2 Å². The highest BCUT2D eigenvalue weighted by atomic mass is 19.4. The van der Waals surface area contributed by atoms with Crippen LogP contribution in [-0.4, -0.2) is 19.3 Å². The largest absolute Gasteiger partial charge is 0.404 e. The van der Waals surface area contributed by atoms with E-state index in [1.54, 1.807) is 0 Å². The van der Waals surface area contributed by atoms with Crippen LogP contribution in [0.3, 0.4) is 0 Å². The Bertz CT molecular complexity index is 191. The highest BCUT2D eigenvalue weighted by Gasteiger charge is 2.44. The van der Waals surface area contributed by atoms with Crippen molar-refractivity contribution in [1.29, 1.82) is 0 Å². The van der Waals surface area contributed by atoms with E-state index in [-0.39, 0.29) is 5.92 Å². The van der Waals surface area contributed by atoms with Crippen LogP contribution in [0.2, 0.25) is 0 Å². The van der Waals surface area contributed by atoms with Gasteiger partial charge in [0, 0.05) is 0 Å². The molecule has 0 spiro atoms. The molecule has 3 unspecified atom stereocenters. The second-order valence-electron chi connectivity index (χ2n) is 4.51. The first-order valence-corrected chi connectivity index (χ1v) is 5.73. The Morgan fingerprint density at radius 2 is 2.00 bits per heavy atom. The van der Waals surface area contributed by atoms with Gasteiger partial charge in [-0.3, -0.25) is 0 Å². The third-order valence-corrected chi connectivity index (χ3v) is 3.54. The molecule has 0 radical (unpaired) electrons. The van der Waals surface area contributed by atoms with E-state index in [1.807, 2.05) is 0 Å². The van der Waals surface area contributed by atoms with Crippen molar-refractivity contribution >= 4 is 0 Å². The van der Waals surface area contributed by atoms with Crippen molar-refractivity contribution in [2.24, 2.45) is 11.8 Å². The van der Waals surface area contributed by atoms with Gasteiger partial charge in [0.2, 0.25) is 0 Å². The van der Waals surface area contributed by atoms with Crippen molar-refractivity contribution in [3.05, 3.63) is 0 Å². The maximum Gasteiger partial charge on any atom is 0.404 e. The molecule has 0 aliphatic heterocycles. The Labute approximate surface area is 89.4 Å². The van der Waals surface area contributed by atoms with Gasteiger partial charge < -0.3 is 5.32 Å². The fourth-order valence-electron chi connectivity index (χ4n) is 2.67. The Morgan fingerprint density at radius 3 is 2.47 bits per heavy atom. The molecule has 1 saturated carbocycles. The summed E-state index contributed by atoms with van der Waals surface area (Å²) in [7, 11) is 1.41. The van der Waals surface area contributed by atoms with E-state index < -0.39 is 12.2 Å². The highest BCUT2D eigenvalue weighted by Crippen LogP contribution is 2.37. The molecule has 0 amide bonds. The molecule has 1 nitrogen and oxygen atoms in total. The van der Waals surface area contributed by atoms with Gasteiger partial charge in [0.25, 0.3) is 0 Å². The normalized spacial score (nSPS) is 30.2. The lowest BCUT2D eigenvalue weighted by atomic mass is 9.76. The molecular weight excluding hydrogens is 203 g/mol. The molecule has 0 aromatic heterocycles. The fourth-order valence-corrected chi connectivity index (χ4v) is 2.67. The van der Waals surface area contributed by atoms with E-state index in [1.165, 1.54) is 7.05 Å². The molecule has 4 heteroatoms. The highest BCUT2D eigenvalue weighted by molar-refractivity contribution is 4.86. The SMILES string of the molecule is CCC1CCCC(C(NC)C(F)(F)F)C1. The van der Waals surface area contributed by atoms with Gasteiger partial charge in [0.05, 0.1) is 0 Å². The summed E-state index contributed by atoms with van der Waals surface area (Å²) in [5, 5.41) is 2.43. The average Bonchev–Trinajstić information content (AvgIpc) is 2.17. The Kier molecular flexibility index (Phi) is 4.44. The minimum Gasteiger partial charge on any atom is -0.309 e. The number of hydrogen-bond donors (Lipinski definition) is 1. The van der Waals surface area contributed by atoms with Crippen LogP contribution >= 0.6 is 0 Å². The predicted molar refractivity (Wildman–Crippen MR) is 54.6 cm³/mol. The van der Waals surface area contributed by atoms with Gasteiger partial charge in [-0.1, -0.05) is 26.2 Å². The molecule has 15 heavy (non-hydrogen) atoms. The quantitative estimate of drug-likeness (QED) is 0.773. The molecular formula is C11H20F3N. The summed E-state index contributed by atoms with van der Waals surface area (Å²) in [6.45, 7) is 2.06. The average molecular weight is 223 g/mol. The molecule has 0 heterocycles. The van der Waals surface area contributed by atoms with Crippen molar-refractivity contribution < 1.29 is 13.2 Å². The standard InChI is InChI=1S/C11H20F3N/c1-3-8-5-4-6-9(7-8)10(15-2)11(12,13)14/h8-10,15H,3-7H2,1-2H3. The van der Waals surface area contributed by atoms with Gasteiger partial charge in [-0.15, -0.1) is 0 Å². The molecule has 1 fully saturated rings. The fraction of sp³-hybridized carbons (Fsp3) is 1.00. The molecule has 0 aromatic carbocycles. The summed E-state index contributed by atoms with van der Waals surface area (Å²) < 4.78 is 38.0. The minimum atomic E-state index is -4.10. The Hall–Kier alpha value is -0.250. The van der Waals surface area contributed by atoms with Gasteiger partial charge in [0.1, 0.15) is 6.04 Å². The first-order valence-electron chi connectivity index (χ1n) is 5.73. The molecule has 1 aliphatic carbocycles. The molecule has 1 aliphatic rings. The van der Waals surface area contributed by atoms with E-state index in [4.69, 9.17) is 0 Å². The van der Waals surface area contributed by atoms with E-state index in [9.17, 15) is 13.2 Å². The molecule has 0 bridgehead atoms. The van der Waals surface area contributed by atoms with Gasteiger partial charge in [-0.2, -0.15) is 13.2 Å². The zero-order chi connectivity index (χ0) is 11.5. The van der Waals surface area contributed by atoms with E-state index in [0.717, 1.165) is 25.7 Å². The topological polar surface area (TPSA) is 12.0 Å². The number of hydrogen-bond acceptors (Lipinski definition) is 1. The summed E-state index contributed by atoms with van der Waals surface area (Å²) in [6.07, 6.45) is 0.377. The van der Waals surface area contributed by atoms with Crippen molar-refractivity contribution in [3.8, 4) is 0 Å². The van der Waals surface area contributed by atoms with Crippen LogP contribution in [0.25, 0.3) is 0 Å². The monoisotopic (exact) mass is 223 g/mol. The van der Waals surface area contributed by atoms with Gasteiger partial charge in [0.15, 0.2) is 0 Å². The molecule has 1 N–H and O–H groups in total. The Morgan fingerprint density at radius 1 is 1.33 bits per heavy atom. The third kappa shape index (κ3) is 3.37. The minimum absolute atomic E-state index is 0.228. The zero-order valence-corrected chi connectivity index (χ0v) is 9.40. The van der Waals surface area contributed by atoms with Crippen molar-refractivity contribution in [1.82, 2.24) is 5.32 Å². The van der Waals surface area contributed by atoms with Gasteiger partial charge in [-0.05, 0) is 31.7 Å². The lowest BCUT2D eigenvalue weighted by Crippen LogP contribution is -2.47. The van der Waals surface area contributed by atoms with E-state index >= 15 is 0 Å². The molecule has 3 atom stereocenters. The first-order chi connectivity index (χ1) is 6.99. The van der Waals surface area contributed by atoms with Crippen LogP contribution in [-0.2, 0) is 0 Å². The summed E-state index contributed by atoms with van der Waals surface area (Å²) in [5.74, 6) is 0.260. The lowest BCUT2D eigenvalue weighted by Gasteiger charge is -2.35. The van der Waals surface area contributed by atoms with Crippen molar-refractivity contribution in [3.63, 3.8) is 0 Å². The molecule has 90 valence electrons. The summed E-state index contributed by atoms with van der Waals surface area (Å²) >= 11 is 0. The zero-order valence-electron chi connectivity index (χ0n) is 9.40. The van der Waals surface area contributed by atoms with Crippen LogP contribution in [0.1, 0.15) is 39.0 Å². The number of alkyl halides is 3. The second-order valence-corrected chi connectivity index (χ2v) is 4.51. The smallest absolute Gasteiger partial charge is 0.309 e. The number of rotatable bonds is 3. The third-order valence-electron chi connectivity index (χ3n) is 3.54. The second kappa shape index (κ2) is 5.19. The van der Waals surface area contributed by atoms with Crippen LogP contribution in [0.5, 0.6) is 0 Å². The molecule has 0 saturated heterocycles. The van der Waals surface area contributed by atoms with Crippen LogP contribution in [0.15, 0.2) is 0 Å². The van der Waals surface area contributed by atoms with Crippen LogP contribution in [0, 0.1) is 11.8 Å². The molecule has 1 rings (SSSR count). The van der Waals surface area contributed by atoms with Crippen LogP contribution in [0.4, 0.5) is 13.2 Å². The van der Waals surface area contributed by atoms with Gasteiger partial charge in [-0.25, -0.2) is 0 Å². The lowest BCUT2D eigenvalue weighted by molar-refractivity contribution is -0.170. The maximum absolute atomic E-state index is 12.7. The summed E-state index contributed by atoms with van der Waals surface area (Å²) in [5.41, 5.74) is 0. The number of nitrogens with one attached hydrogen (secondary N) is 1. The van der Waals surface area contributed by atoms with Crippen molar-refractivity contribution in [2.75, 3.05) is 7.05 Å². The van der Waals surface area contributed by atoms with Gasteiger partial charge >= 0.3 is 6.18 Å². The number of halogens is 3. The Balaban J connectivity index is 2.60. The molecule has 0 aromatic rings. The predicted octanol–water partition coefficient (Wildman–Crippen LogP) is 3.35. The first kappa shape index (κ1) is 12.8. The summed E-state index contributed by atoms with van der Waals surface area (Å²) in [4.78, 5) is 0. The van der Waals surface area contributed by atoms with E-state index in [0.29, 0.717) is 12.3 Å². The van der Waals surface area contributed by atoms with E-state index in [2.05, 4.69) is 12.2 Å². The maximum atomic E-state index is 12.7.